The van der Waals surface area contributed by atoms with Crippen LogP contribution in [0, 0.1) is 5.92 Å². The zero-order valence-corrected chi connectivity index (χ0v) is 13.5. The van der Waals surface area contributed by atoms with Crippen LogP contribution in [-0.4, -0.2) is 18.1 Å². The van der Waals surface area contributed by atoms with E-state index in [4.69, 9.17) is 11.6 Å². The van der Waals surface area contributed by atoms with Crippen molar-refractivity contribution >= 4 is 17.3 Å². The van der Waals surface area contributed by atoms with Gasteiger partial charge in [-0.25, -0.2) is 0 Å². The van der Waals surface area contributed by atoms with Crippen molar-refractivity contribution in [1.29, 1.82) is 0 Å². The van der Waals surface area contributed by atoms with Gasteiger partial charge >= 0.3 is 0 Å². The number of benzene rings is 1. The van der Waals surface area contributed by atoms with Gasteiger partial charge in [-0.3, -0.25) is 0 Å². The highest BCUT2D eigenvalue weighted by molar-refractivity contribution is 6.33. The Morgan fingerprint density at radius 3 is 2.65 bits per heavy atom. The summed E-state index contributed by atoms with van der Waals surface area (Å²) in [7, 11) is 0. The summed E-state index contributed by atoms with van der Waals surface area (Å²) in [6.07, 6.45) is 4.12. The summed E-state index contributed by atoms with van der Waals surface area (Å²) in [6, 6.07) is 7.28. The number of nitrogens with zero attached hydrogens (tertiary/aromatic N) is 1. The minimum Gasteiger partial charge on any atom is -0.367 e. The van der Waals surface area contributed by atoms with E-state index in [1.165, 1.54) is 37.1 Å². The van der Waals surface area contributed by atoms with E-state index < -0.39 is 0 Å². The summed E-state index contributed by atoms with van der Waals surface area (Å²) >= 11 is 6.53. The van der Waals surface area contributed by atoms with E-state index in [1.807, 2.05) is 0 Å². The number of piperidine rings is 1. The molecule has 0 radical (unpaired) electrons. The molecular weight excluding hydrogens is 268 g/mol. The second kappa shape index (κ2) is 5.23. The van der Waals surface area contributed by atoms with Crippen LogP contribution in [0.5, 0.6) is 0 Å². The molecule has 1 aromatic carbocycles. The van der Waals surface area contributed by atoms with E-state index in [0.717, 1.165) is 23.5 Å². The zero-order valence-electron chi connectivity index (χ0n) is 12.7. The minimum absolute atomic E-state index is 0.138. The van der Waals surface area contributed by atoms with Gasteiger partial charge in [0.2, 0.25) is 0 Å². The summed E-state index contributed by atoms with van der Waals surface area (Å²) in [6.45, 7) is 8.62. The van der Waals surface area contributed by atoms with Gasteiger partial charge in [0.05, 0.1) is 10.7 Å². The Balaban J connectivity index is 1.71. The molecule has 2 fully saturated rings. The third kappa shape index (κ3) is 2.96. The Kier molecular flexibility index (Phi) is 3.72. The first-order valence-corrected chi connectivity index (χ1v) is 8.10. The molecule has 2 aliphatic rings. The normalized spacial score (nSPS) is 25.5. The lowest BCUT2D eigenvalue weighted by Gasteiger charge is -2.30. The molecule has 0 spiro atoms. The second-order valence-electron chi connectivity index (χ2n) is 7.37. The lowest BCUT2D eigenvalue weighted by Crippen LogP contribution is -2.35. The SMILES string of the molecule is CC(C)(C)NCc1ccc(N2CC3CCC2C3)c(Cl)c1. The average Bonchev–Trinajstić information content (AvgIpc) is 2.98. The topological polar surface area (TPSA) is 15.3 Å². The largest absolute Gasteiger partial charge is 0.367 e. The van der Waals surface area contributed by atoms with Gasteiger partial charge in [-0.1, -0.05) is 17.7 Å². The second-order valence-corrected chi connectivity index (χ2v) is 7.78. The first-order valence-electron chi connectivity index (χ1n) is 7.72. The van der Waals surface area contributed by atoms with Gasteiger partial charge in [0.1, 0.15) is 0 Å². The molecule has 1 aliphatic carbocycles. The third-order valence-corrected chi connectivity index (χ3v) is 4.86. The maximum absolute atomic E-state index is 6.53. The maximum Gasteiger partial charge on any atom is 0.0642 e. The van der Waals surface area contributed by atoms with Crippen LogP contribution in [0.15, 0.2) is 18.2 Å². The Morgan fingerprint density at radius 2 is 2.10 bits per heavy atom. The molecule has 110 valence electrons. The molecule has 2 nitrogen and oxygen atoms in total. The van der Waals surface area contributed by atoms with E-state index in [2.05, 4.69) is 49.2 Å². The molecule has 1 saturated carbocycles. The summed E-state index contributed by atoms with van der Waals surface area (Å²) in [5.41, 5.74) is 2.63. The van der Waals surface area contributed by atoms with Crippen LogP contribution in [0.3, 0.4) is 0 Å². The maximum atomic E-state index is 6.53. The fraction of sp³-hybridized carbons (Fsp3) is 0.647. The highest BCUT2D eigenvalue weighted by atomic mass is 35.5. The summed E-state index contributed by atoms with van der Waals surface area (Å²) < 4.78 is 0. The molecule has 2 unspecified atom stereocenters. The molecule has 1 heterocycles. The molecule has 2 atom stereocenters. The van der Waals surface area contributed by atoms with E-state index in [0.29, 0.717) is 0 Å². The van der Waals surface area contributed by atoms with E-state index >= 15 is 0 Å². The zero-order chi connectivity index (χ0) is 14.3. The van der Waals surface area contributed by atoms with Gasteiger partial charge < -0.3 is 10.2 Å². The molecule has 0 amide bonds. The van der Waals surface area contributed by atoms with Crippen molar-refractivity contribution in [2.45, 2.75) is 58.2 Å². The van der Waals surface area contributed by atoms with Crippen molar-refractivity contribution in [3.8, 4) is 0 Å². The lowest BCUT2D eigenvalue weighted by atomic mass is 10.1. The molecular formula is C17H25ClN2. The highest BCUT2D eigenvalue weighted by Crippen LogP contribution is 2.42. The summed E-state index contributed by atoms with van der Waals surface area (Å²) in [4.78, 5) is 2.53. The minimum atomic E-state index is 0.138. The molecule has 1 N–H and O–H groups in total. The van der Waals surface area contributed by atoms with Crippen LogP contribution in [0.25, 0.3) is 0 Å². The van der Waals surface area contributed by atoms with Gasteiger partial charge in [0.15, 0.2) is 0 Å². The number of anilines is 1. The number of hydrogen-bond donors (Lipinski definition) is 1. The van der Waals surface area contributed by atoms with Gasteiger partial charge in [0.25, 0.3) is 0 Å². The summed E-state index contributed by atoms with van der Waals surface area (Å²) in [5.74, 6) is 0.901. The Labute approximate surface area is 127 Å². The van der Waals surface area contributed by atoms with Crippen LogP contribution in [0.2, 0.25) is 5.02 Å². The van der Waals surface area contributed by atoms with E-state index in [-0.39, 0.29) is 5.54 Å². The Morgan fingerprint density at radius 1 is 1.30 bits per heavy atom. The van der Waals surface area contributed by atoms with Crippen LogP contribution in [0.4, 0.5) is 5.69 Å². The van der Waals surface area contributed by atoms with Crippen LogP contribution >= 0.6 is 11.6 Å². The molecule has 20 heavy (non-hydrogen) atoms. The molecule has 2 bridgehead atoms. The number of nitrogens with one attached hydrogen (secondary N) is 1. The van der Waals surface area contributed by atoms with Crippen molar-refractivity contribution in [3.63, 3.8) is 0 Å². The monoisotopic (exact) mass is 292 g/mol. The Hall–Kier alpha value is -0.730. The smallest absolute Gasteiger partial charge is 0.0642 e. The number of halogens is 1. The fourth-order valence-electron chi connectivity index (χ4n) is 3.48. The molecule has 1 saturated heterocycles. The van der Waals surface area contributed by atoms with Crippen molar-refractivity contribution in [2.75, 3.05) is 11.4 Å². The van der Waals surface area contributed by atoms with Crippen molar-refractivity contribution in [1.82, 2.24) is 5.32 Å². The summed E-state index contributed by atoms with van der Waals surface area (Å²) in [5, 5.41) is 4.42. The number of fused-ring (bicyclic) bond motifs is 2. The molecule has 3 heteroatoms. The number of hydrogen-bond acceptors (Lipinski definition) is 2. The van der Waals surface area contributed by atoms with Crippen molar-refractivity contribution < 1.29 is 0 Å². The molecule has 3 rings (SSSR count). The van der Waals surface area contributed by atoms with Gasteiger partial charge in [-0.2, -0.15) is 0 Å². The van der Waals surface area contributed by atoms with Gasteiger partial charge in [0, 0.05) is 24.7 Å². The van der Waals surface area contributed by atoms with Crippen LogP contribution in [0.1, 0.15) is 45.6 Å². The first-order chi connectivity index (χ1) is 9.42. The number of rotatable bonds is 3. The average molecular weight is 293 g/mol. The predicted octanol–water partition coefficient (Wildman–Crippen LogP) is 4.22. The highest BCUT2D eigenvalue weighted by Gasteiger charge is 2.38. The standard InChI is InChI=1S/C17H25ClN2/c1-17(2,3)19-10-12-5-7-16(15(18)9-12)20-11-13-4-6-14(20)8-13/h5,7,9,13-14,19H,4,6,8,10-11H2,1-3H3. The fourth-order valence-corrected chi connectivity index (χ4v) is 3.79. The van der Waals surface area contributed by atoms with Gasteiger partial charge in [-0.15, -0.1) is 0 Å². The van der Waals surface area contributed by atoms with E-state index in [9.17, 15) is 0 Å². The van der Waals surface area contributed by atoms with Crippen molar-refractivity contribution in [3.05, 3.63) is 28.8 Å². The van der Waals surface area contributed by atoms with E-state index in [1.54, 1.807) is 0 Å². The molecule has 1 aliphatic heterocycles. The molecule has 1 aromatic rings. The van der Waals surface area contributed by atoms with Crippen LogP contribution < -0.4 is 10.2 Å². The Bertz CT molecular complexity index is 492. The third-order valence-electron chi connectivity index (χ3n) is 4.55. The first kappa shape index (κ1) is 14.2. The lowest BCUT2D eigenvalue weighted by molar-refractivity contribution is 0.424. The quantitative estimate of drug-likeness (QED) is 0.897. The van der Waals surface area contributed by atoms with Gasteiger partial charge in [-0.05, 0) is 63.6 Å². The van der Waals surface area contributed by atoms with Crippen LogP contribution in [-0.2, 0) is 6.54 Å². The predicted molar refractivity (Wildman–Crippen MR) is 86.5 cm³/mol. The molecule has 0 aromatic heterocycles. The van der Waals surface area contributed by atoms with Crippen molar-refractivity contribution in [2.24, 2.45) is 5.92 Å².